The van der Waals surface area contributed by atoms with E-state index in [9.17, 15) is 4.79 Å². The summed E-state index contributed by atoms with van der Waals surface area (Å²) < 4.78 is 1.72. The first-order valence-electron chi connectivity index (χ1n) is 10.0. The number of amides is 1. The maximum atomic E-state index is 13.3. The maximum Gasteiger partial charge on any atom is 0.272 e. The Labute approximate surface area is 176 Å². The van der Waals surface area contributed by atoms with Crippen molar-refractivity contribution in [3.63, 3.8) is 0 Å². The number of piperazine rings is 1. The van der Waals surface area contributed by atoms with Gasteiger partial charge in [0, 0.05) is 36.9 Å². The van der Waals surface area contributed by atoms with Crippen molar-refractivity contribution in [2.45, 2.75) is 20.3 Å². The number of benzene rings is 2. The number of para-hydroxylation sites is 1. The third-order valence-corrected chi connectivity index (χ3v) is 5.65. The van der Waals surface area contributed by atoms with Crippen LogP contribution in [-0.2, 0) is 6.42 Å². The summed E-state index contributed by atoms with van der Waals surface area (Å²) in [5, 5.41) is 5.19. The van der Waals surface area contributed by atoms with Crippen LogP contribution in [0, 0.1) is 6.92 Å². The molecule has 29 heavy (non-hydrogen) atoms. The molecule has 1 aliphatic rings. The van der Waals surface area contributed by atoms with Crippen molar-refractivity contribution in [1.82, 2.24) is 14.7 Å². The molecule has 2 heterocycles. The molecule has 4 rings (SSSR count). The first-order chi connectivity index (χ1) is 14.1. The summed E-state index contributed by atoms with van der Waals surface area (Å²) in [6.45, 7) is 7.14. The van der Waals surface area contributed by atoms with Gasteiger partial charge < -0.3 is 9.80 Å². The van der Waals surface area contributed by atoms with Gasteiger partial charge in [0.25, 0.3) is 5.91 Å². The maximum absolute atomic E-state index is 13.3. The Hall–Kier alpha value is -2.79. The van der Waals surface area contributed by atoms with Crippen LogP contribution in [0.25, 0.3) is 5.69 Å². The molecule has 0 atom stereocenters. The zero-order valence-corrected chi connectivity index (χ0v) is 17.6. The van der Waals surface area contributed by atoms with Crippen molar-refractivity contribution in [3.8, 4) is 5.69 Å². The third-order valence-electron chi connectivity index (χ3n) is 5.40. The van der Waals surface area contributed by atoms with E-state index in [4.69, 9.17) is 11.6 Å². The Morgan fingerprint density at radius 1 is 1.03 bits per heavy atom. The van der Waals surface area contributed by atoms with Crippen molar-refractivity contribution < 1.29 is 4.79 Å². The van der Waals surface area contributed by atoms with Crippen molar-refractivity contribution >= 4 is 23.2 Å². The second-order valence-corrected chi connectivity index (χ2v) is 7.76. The van der Waals surface area contributed by atoms with Gasteiger partial charge in [-0.25, -0.2) is 4.68 Å². The van der Waals surface area contributed by atoms with Crippen LogP contribution in [0.15, 0.2) is 54.6 Å². The van der Waals surface area contributed by atoms with Gasteiger partial charge >= 0.3 is 0 Å². The zero-order chi connectivity index (χ0) is 20.4. The Bertz CT molecular complexity index is 1000. The fourth-order valence-electron chi connectivity index (χ4n) is 3.86. The molecule has 0 N–H and O–H groups in total. The summed E-state index contributed by atoms with van der Waals surface area (Å²) in [6.07, 6.45) is 1.01. The van der Waals surface area contributed by atoms with Crippen LogP contribution in [0.2, 0.25) is 5.02 Å². The predicted molar refractivity (Wildman–Crippen MR) is 117 cm³/mol. The zero-order valence-electron chi connectivity index (χ0n) is 16.8. The van der Waals surface area contributed by atoms with Gasteiger partial charge in [-0.2, -0.15) is 5.10 Å². The number of nitrogens with zero attached hydrogens (tertiary/aromatic N) is 4. The average Bonchev–Trinajstić information content (AvgIpc) is 3.15. The highest BCUT2D eigenvalue weighted by Gasteiger charge is 2.26. The van der Waals surface area contributed by atoms with E-state index in [0.29, 0.717) is 23.8 Å². The molecular weight excluding hydrogens is 384 g/mol. The first kappa shape index (κ1) is 19.5. The summed E-state index contributed by atoms with van der Waals surface area (Å²) in [7, 11) is 0. The number of carbonyl (C=O) groups is 1. The number of aromatic nitrogens is 2. The average molecular weight is 409 g/mol. The van der Waals surface area contributed by atoms with Crippen LogP contribution >= 0.6 is 11.6 Å². The lowest BCUT2D eigenvalue weighted by Crippen LogP contribution is -2.49. The second kappa shape index (κ2) is 8.29. The van der Waals surface area contributed by atoms with Crippen LogP contribution in [0.3, 0.4) is 0 Å². The molecule has 3 aromatic rings. The quantitative estimate of drug-likeness (QED) is 0.644. The van der Waals surface area contributed by atoms with E-state index in [1.165, 1.54) is 11.3 Å². The molecule has 0 bridgehead atoms. The van der Waals surface area contributed by atoms with Gasteiger partial charge in [0.1, 0.15) is 5.69 Å². The summed E-state index contributed by atoms with van der Waals surface area (Å²) in [4.78, 5) is 17.6. The van der Waals surface area contributed by atoms with E-state index in [1.54, 1.807) is 4.68 Å². The smallest absolute Gasteiger partial charge is 0.272 e. The van der Waals surface area contributed by atoms with E-state index in [2.05, 4.69) is 41.2 Å². The second-order valence-electron chi connectivity index (χ2n) is 7.32. The topological polar surface area (TPSA) is 41.4 Å². The molecule has 1 saturated heterocycles. The summed E-state index contributed by atoms with van der Waals surface area (Å²) in [5.41, 5.74) is 4.88. The van der Waals surface area contributed by atoms with Gasteiger partial charge in [-0.1, -0.05) is 36.7 Å². The monoisotopic (exact) mass is 408 g/mol. The number of hydrogen-bond donors (Lipinski definition) is 0. The minimum atomic E-state index is 0.0176. The van der Waals surface area contributed by atoms with Crippen LogP contribution in [0.4, 0.5) is 5.69 Å². The molecule has 1 aromatic heterocycles. The third kappa shape index (κ3) is 4.01. The van der Waals surface area contributed by atoms with Gasteiger partial charge in [0.05, 0.1) is 11.4 Å². The highest BCUT2D eigenvalue weighted by Crippen LogP contribution is 2.23. The van der Waals surface area contributed by atoms with E-state index in [0.717, 1.165) is 30.9 Å². The normalized spacial score (nSPS) is 14.3. The molecule has 0 saturated carbocycles. The lowest BCUT2D eigenvalue weighted by molar-refractivity contribution is 0.0737. The molecule has 0 aliphatic carbocycles. The number of hydrogen-bond acceptors (Lipinski definition) is 3. The lowest BCUT2D eigenvalue weighted by atomic mass is 10.1. The fraction of sp³-hybridized carbons (Fsp3) is 0.304. The number of anilines is 1. The van der Waals surface area contributed by atoms with E-state index < -0.39 is 0 Å². The Morgan fingerprint density at radius 2 is 1.72 bits per heavy atom. The Morgan fingerprint density at radius 3 is 2.41 bits per heavy atom. The molecule has 2 aromatic carbocycles. The molecule has 6 heteroatoms. The largest absolute Gasteiger partial charge is 0.368 e. The van der Waals surface area contributed by atoms with E-state index in [-0.39, 0.29) is 5.91 Å². The van der Waals surface area contributed by atoms with Gasteiger partial charge in [-0.15, -0.1) is 0 Å². The van der Waals surface area contributed by atoms with Crippen LogP contribution in [0.1, 0.15) is 28.7 Å². The van der Waals surface area contributed by atoms with E-state index in [1.807, 2.05) is 42.2 Å². The number of aryl methyl sites for hydroxylation is 2. The lowest BCUT2D eigenvalue weighted by Gasteiger charge is -2.37. The SMILES string of the molecule is CCc1ccccc1N1CCN(C(=O)c2cc(C)nn2-c2ccc(Cl)cc2)CC1. The summed E-state index contributed by atoms with van der Waals surface area (Å²) >= 11 is 6.00. The number of halogens is 1. The van der Waals surface area contributed by atoms with Crippen LogP contribution < -0.4 is 4.90 Å². The minimum absolute atomic E-state index is 0.0176. The molecule has 0 spiro atoms. The Kier molecular flexibility index (Phi) is 5.58. The summed E-state index contributed by atoms with van der Waals surface area (Å²) in [6, 6.07) is 17.8. The fourth-order valence-corrected chi connectivity index (χ4v) is 3.99. The predicted octanol–water partition coefficient (Wildman–Crippen LogP) is 4.36. The van der Waals surface area contributed by atoms with Crippen LogP contribution in [-0.4, -0.2) is 46.8 Å². The molecular formula is C23H25ClN4O. The van der Waals surface area contributed by atoms with Gasteiger partial charge in [0.2, 0.25) is 0 Å². The molecule has 0 unspecified atom stereocenters. The number of rotatable bonds is 4. The highest BCUT2D eigenvalue weighted by molar-refractivity contribution is 6.30. The molecule has 0 radical (unpaired) electrons. The molecule has 5 nitrogen and oxygen atoms in total. The van der Waals surface area contributed by atoms with Gasteiger partial charge in [-0.3, -0.25) is 4.79 Å². The van der Waals surface area contributed by atoms with Crippen molar-refractivity contribution in [3.05, 3.63) is 76.6 Å². The van der Waals surface area contributed by atoms with Crippen molar-refractivity contribution in [2.75, 3.05) is 31.1 Å². The van der Waals surface area contributed by atoms with Crippen molar-refractivity contribution in [1.29, 1.82) is 0 Å². The molecule has 150 valence electrons. The van der Waals surface area contributed by atoms with E-state index >= 15 is 0 Å². The molecule has 1 fully saturated rings. The highest BCUT2D eigenvalue weighted by atomic mass is 35.5. The standard InChI is InChI=1S/C23H25ClN4O/c1-3-18-6-4-5-7-21(18)26-12-14-27(15-13-26)23(29)22-16-17(2)25-28(22)20-10-8-19(24)9-11-20/h4-11,16H,3,12-15H2,1-2H3. The van der Waals surface area contributed by atoms with Gasteiger partial charge in [-0.05, 0) is 55.3 Å². The molecule has 1 aliphatic heterocycles. The summed E-state index contributed by atoms with van der Waals surface area (Å²) in [5.74, 6) is 0.0176. The van der Waals surface area contributed by atoms with Crippen molar-refractivity contribution in [2.24, 2.45) is 0 Å². The van der Waals surface area contributed by atoms with Crippen LogP contribution in [0.5, 0.6) is 0 Å². The molecule has 1 amide bonds. The number of carbonyl (C=O) groups excluding carboxylic acids is 1. The Balaban J connectivity index is 1.51. The first-order valence-corrected chi connectivity index (χ1v) is 10.4. The van der Waals surface area contributed by atoms with Gasteiger partial charge in [0.15, 0.2) is 0 Å². The minimum Gasteiger partial charge on any atom is -0.368 e.